The zero-order valence-corrected chi connectivity index (χ0v) is 18.4. The van der Waals surface area contributed by atoms with Crippen LogP contribution >= 0.6 is 0 Å². The molecule has 0 atom stereocenters. The van der Waals surface area contributed by atoms with E-state index in [-0.39, 0.29) is 11.3 Å². The Morgan fingerprint density at radius 2 is 1.91 bits per heavy atom. The maximum absolute atomic E-state index is 12.2. The number of aromatic nitrogens is 1. The fourth-order valence-corrected chi connectivity index (χ4v) is 4.35. The number of carbonyl (C=O) groups is 1. The highest BCUT2D eigenvalue weighted by molar-refractivity contribution is 6.05. The lowest BCUT2D eigenvalue weighted by atomic mass is 9.92. The van der Waals surface area contributed by atoms with Crippen LogP contribution in [-0.2, 0) is 6.54 Å². The minimum Gasteiger partial charge on any atom is -0.478 e. The Labute approximate surface area is 194 Å². The van der Waals surface area contributed by atoms with Crippen molar-refractivity contribution in [1.29, 1.82) is 0 Å². The minimum absolute atomic E-state index is 0.0173. The summed E-state index contributed by atoms with van der Waals surface area (Å²) in [6.45, 7) is 3.92. The average molecular weight is 455 g/mol. The average Bonchev–Trinajstić information content (AvgIpc) is 3.31. The van der Waals surface area contributed by atoms with Crippen molar-refractivity contribution < 1.29 is 19.2 Å². The molecule has 8 nitrogen and oxygen atoms in total. The van der Waals surface area contributed by atoms with E-state index in [9.17, 15) is 20.0 Å². The second-order valence-electron chi connectivity index (χ2n) is 8.12. The number of non-ortho nitro benzene ring substituents is 1. The molecule has 0 unspecified atom stereocenters. The number of carboxylic acid groups (broad SMARTS) is 1. The molecule has 0 amide bonds. The summed E-state index contributed by atoms with van der Waals surface area (Å²) in [6, 6.07) is 17.1. The number of para-hydroxylation sites is 1. The summed E-state index contributed by atoms with van der Waals surface area (Å²) >= 11 is 0. The molecular weight excluding hydrogens is 434 g/mol. The monoisotopic (exact) mass is 455 g/mol. The first-order chi connectivity index (χ1) is 16.4. The Morgan fingerprint density at radius 1 is 1.15 bits per heavy atom. The van der Waals surface area contributed by atoms with Crippen LogP contribution in [0.3, 0.4) is 0 Å². The number of hydrogen-bond acceptors (Lipinski definition) is 6. The van der Waals surface area contributed by atoms with E-state index in [0.29, 0.717) is 46.8 Å². The van der Waals surface area contributed by atoms with Gasteiger partial charge >= 0.3 is 5.97 Å². The van der Waals surface area contributed by atoms with Crippen molar-refractivity contribution in [2.24, 2.45) is 0 Å². The van der Waals surface area contributed by atoms with Crippen molar-refractivity contribution in [3.05, 3.63) is 93.4 Å². The fraction of sp³-hybridized carbons (Fsp3) is 0.154. The minimum atomic E-state index is -0.967. The van der Waals surface area contributed by atoms with Gasteiger partial charge in [-0.3, -0.25) is 15.0 Å². The number of rotatable bonds is 5. The molecule has 0 spiro atoms. The lowest BCUT2D eigenvalue weighted by Crippen LogP contribution is -2.31. The van der Waals surface area contributed by atoms with Crippen molar-refractivity contribution in [2.45, 2.75) is 13.5 Å². The molecular formula is C26H21N3O5. The van der Waals surface area contributed by atoms with Crippen LogP contribution < -0.4 is 0 Å². The van der Waals surface area contributed by atoms with Crippen molar-refractivity contribution in [1.82, 2.24) is 9.88 Å². The molecule has 170 valence electrons. The van der Waals surface area contributed by atoms with Crippen LogP contribution in [0.4, 0.5) is 5.69 Å². The summed E-state index contributed by atoms with van der Waals surface area (Å²) in [7, 11) is 0. The molecule has 34 heavy (non-hydrogen) atoms. The highest BCUT2D eigenvalue weighted by Gasteiger charge is 2.28. The first-order valence-electron chi connectivity index (χ1n) is 10.9. The fourth-order valence-electron chi connectivity index (χ4n) is 4.35. The summed E-state index contributed by atoms with van der Waals surface area (Å²) in [5.41, 5.74) is 3.93. The van der Waals surface area contributed by atoms with E-state index >= 15 is 0 Å². The van der Waals surface area contributed by atoms with Crippen molar-refractivity contribution in [3.63, 3.8) is 0 Å². The van der Waals surface area contributed by atoms with E-state index in [2.05, 4.69) is 4.90 Å². The summed E-state index contributed by atoms with van der Waals surface area (Å²) in [4.78, 5) is 29.7. The van der Waals surface area contributed by atoms with Crippen molar-refractivity contribution >= 4 is 34.2 Å². The van der Waals surface area contributed by atoms with Gasteiger partial charge in [0.05, 0.1) is 21.7 Å². The third kappa shape index (κ3) is 3.84. The van der Waals surface area contributed by atoms with E-state index in [4.69, 9.17) is 9.40 Å². The third-order valence-electron chi connectivity index (χ3n) is 6.04. The zero-order valence-electron chi connectivity index (χ0n) is 18.4. The topological polar surface area (TPSA) is 110 Å². The number of hydrogen-bond donors (Lipinski definition) is 1. The van der Waals surface area contributed by atoms with Crippen LogP contribution in [0.2, 0.25) is 0 Å². The predicted octanol–water partition coefficient (Wildman–Crippen LogP) is 5.48. The van der Waals surface area contributed by atoms with Crippen LogP contribution in [0, 0.1) is 10.1 Å². The summed E-state index contributed by atoms with van der Waals surface area (Å²) in [6.07, 6.45) is 1.89. The molecule has 0 aliphatic carbocycles. The molecule has 2 aromatic heterocycles. The second kappa shape index (κ2) is 8.57. The quantitative estimate of drug-likeness (QED) is 0.313. The molecule has 0 bridgehead atoms. The Hall–Kier alpha value is -4.30. The predicted molar refractivity (Wildman–Crippen MR) is 128 cm³/mol. The molecule has 0 saturated heterocycles. The van der Waals surface area contributed by atoms with Crippen LogP contribution in [0.15, 0.2) is 65.1 Å². The number of benzene rings is 2. The largest absolute Gasteiger partial charge is 0.478 e. The Morgan fingerprint density at radius 3 is 2.62 bits per heavy atom. The van der Waals surface area contributed by atoms with Crippen LogP contribution in [0.25, 0.3) is 33.9 Å². The van der Waals surface area contributed by atoms with E-state index in [1.165, 1.54) is 12.1 Å². The van der Waals surface area contributed by atoms with Gasteiger partial charge in [0, 0.05) is 41.7 Å². The summed E-state index contributed by atoms with van der Waals surface area (Å²) in [5, 5.41) is 21.6. The number of fused-ring (bicyclic) bond motifs is 2. The first-order valence-corrected chi connectivity index (χ1v) is 10.9. The number of nitro groups is 1. The Bertz CT molecular complexity index is 1450. The lowest BCUT2D eigenvalue weighted by molar-refractivity contribution is -0.384. The van der Waals surface area contributed by atoms with Gasteiger partial charge in [-0.1, -0.05) is 25.1 Å². The number of nitro benzene ring substituents is 1. The van der Waals surface area contributed by atoms with E-state index in [1.807, 2.05) is 43.3 Å². The van der Waals surface area contributed by atoms with E-state index < -0.39 is 10.9 Å². The van der Waals surface area contributed by atoms with Gasteiger partial charge < -0.3 is 9.52 Å². The number of carboxylic acids is 1. The molecule has 0 fully saturated rings. The molecule has 0 saturated carbocycles. The first kappa shape index (κ1) is 21.5. The summed E-state index contributed by atoms with van der Waals surface area (Å²) < 4.78 is 6.01. The number of likely N-dealkylation sites (N-methyl/N-ethyl adjacent to an activating group) is 1. The maximum Gasteiger partial charge on any atom is 0.336 e. The van der Waals surface area contributed by atoms with Gasteiger partial charge in [0.1, 0.15) is 11.5 Å². The lowest BCUT2D eigenvalue weighted by Gasteiger charge is -2.30. The van der Waals surface area contributed by atoms with Gasteiger partial charge in [-0.05, 0) is 48.5 Å². The zero-order chi connectivity index (χ0) is 23.8. The molecule has 5 rings (SSSR count). The highest BCUT2D eigenvalue weighted by atomic mass is 16.6. The third-order valence-corrected chi connectivity index (χ3v) is 6.04. The number of pyridine rings is 1. The van der Waals surface area contributed by atoms with Gasteiger partial charge in [0.25, 0.3) is 5.69 Å². The number of aromatic carboxylic acids is 1. The molecule has 1 N–H and O–H groups in total. The Balaban J connectivity index is 1.59. The molecule has 1 aliphatic heterocycles. The second-order valence-corrected chi connectivity index (χ2v) is 8.12. The maximum atomic E-state index is 12.2. The van der Waals surface area contributed by atoms with Gasteiger partial charge in [-0.15, -0.1) is 0 Å². The van der Waals surface area contributed by atoms with Gasteiger partial charge in [0.15, 0.2) is 0 Å². The van der Waals surface area contributed by atoms with Gasteiger partial charge in [-0.25, -0.2) is 9.78 Å². The standard InChI is InChI=1S/C26H21N3O5/c1-2-28-14-17(13-19-11-12-23(34-19)16-7-9-18(10-8-16)29(32)33)25-21(15-28)24(26(30)31)20-5-3-4-6-22(20)27-25/h3-13H,2,14-15H2,1H3,(H,30,31)/b17-13-. The molecule has 4 aromatic rings. The normalized spacial score (nSPS) is 14.9. The SMILES string of the molecule is CCN1C/C(=C/c2ccc(-c3ccc([N+](=O)[O-])cc3)o2)c2nc3ccccc3c(C(=O)O)c2C1. The van der Waals surface area contributed by atoms with Crippen LogP contribution in [0.5, 0.6) is 0 Å². The molecule has 8 heteroatoms. The van der Waals surface area contributed by atoms with Crippen molar-refractivity contribution in [2.75, 3.05) is 13.1 Å². The molecule has 1 aliphatic rings. The molecule has 0 radical (unpaired) electrons. The van der Waals surface area contributed by atoms with Crippen molar-refractivity contribution in [3.8, 4) is 11.3 Å². The van der Waals surface area contributed by atoms with Gasteiger partial charge in [0.2, 0.25) is 0 Å². The van der Waals surface area contributed by atoms with E-state index in [1.54, 1.807) is 18.2 Å². The van der Waals surface area contributed by atoms with E-state index in [0.717, 1.165) is 17.7 Å². The smallest absolute Gasteiger partial charge is 0.336 e. The number of furan rings is 1. The molecule has 3 heterocycles. The van der Waals surface area contributed by atoms with Crippen LogP contribution in [0.1, 0.15) is 34.3 Å². The molecule has 2 aromatic carbocycles. The number of nitrogens with zero attached hydrogens (tertiary/aromatic N) is 3. The summed E-state index contributed by atoms with van der Waals surface area (Å²) in [5.74, 6) is 0.215. The van der Waals surface area contributed by atoms with Gasteiger partial charge in [-0.2, -0.15) is 0 Å². The van der Waals surface area contributed by atoms with Crippen LogP contribution in [-0.4, -0.2) is 39.0 Å². The highest BCUT2D eigenvalue weighted by Crippen LogP contribution is 2.35. The Kier molecular flexibility index (Phi) is 5.43.